The van der Waals surface area contributed by atoms with Crippen molar-refractivity contribution < 1.29 is 9.53 Å². The summed E-state index contributed by atoms with van der Waals surface area (Å²) in [6.07, 6.45) is 2.57. The van der Waals surface area contributed by atoms with Crippen LogP contribution in [-0.4, -0.2) is 25.6 Å². The summed E-state index contributed by atoms with van der Waals surface area (Å²) in [5.74, 6) is 1.36. The fraction of sp³-hybridized carbons (Fsp3) is 0.346. The number of carbonyl (C=O) groups excluding carboxylic acids is 1. The van der Waals surface area contributed by atoms with Crippen LogP contribution in [0.25, 0.3) is 10.8 Å². The Hall–Kier alpha value is -3.01. The van der Waals surface area contributed by atoms with E-state index >= 15 is 0 Å². The topological polar surface area (TPSA) is 41.6 Å². The van der Waals surface area contributed by atoms with Crippen LogP contribution >= 0.6 is 0 Å². The number of fused-ring (bicyclic) bond motifs is 1. The smallest absolute Gasteiger partial charge is 0.258 e. The number of piperidine rings is 1. The van der Waals surface area contributed by atoms with Crippen molar-refractivity contribution in [2.75, 3.05) is 24.6 Å². The minimum atomic E-state index is -0.121. The lowest BCUT2D eigenvalue weighted by molar-refractivity contribution is -0.123. The molecule has 1 aliphatic rings. The molecule has 0 saturated carbocycles. The largest absolute Gasteiger partial charge is 0.483 e. The number of nitrogens with zero attached hydrogens (tertiary/aromatic N) is 1. The molecular formula is C26H30N2O2. The molecular weight excluding hydrogens is 372 g/mol. The summed E-state index contributed by atoms with van der Waals surface area (Å²) in [6, 6.07) is 22.4. The van der Waals surface area contributed by atoms with Crippen LogP contribution in [-0.2, 0) is 4.79 Å². The Morgan fingerprint density at radius 1 is 1.10 bits per heavy atom. The Kier molecular flexibility index (Phi) is 6.22. The molecule has 1 aliphatic heterocycles. The third kappa shape index (κ3) is 4.76. The second-order valence-corrected chi connectivity index (χ2v) is 8.34. The van der Waals surface area contributed by atoms with Crippen molar-refractivity contribution in [3.05, 3.63) is 72.3 Å². The lowest BCUT2D eigenvalue weighted by atomic mass is 9.99. The van der Waals surface area contributed by atoms with Crippen LogP contribution in [0, 0.1) is 5.92 Å². The van der Waals surface area contributed by atoms with E-state index in [0.29, 0.717) is 0 Å². The molecule has 0 spiro atoms. The van der Waals surface area contributed by atoms with Gasteiger partial charge in [0, 0.05) is 24.2 Å². The van der Waals surface area contributed by atoms with Crippen molar-refractivity contribution in [1.29, 1.82) is 0 Å². The molecule has 0 aromatic heterocycles. The number of hydrogen-bond acceptors (Lipinski definition) is 3. The van der Waals surface area contributed by atoms with E-state index in [0.717, 1.165) is 41.1 Å². The Balaban J connectivity index is 1.33. The summed E-state index contributed by atoms with van der Waals surface area (Å²) >= 11 is 0. The number of carbonyl (C=O) groups is 1. The van der Waals surface area contributed by atoms with Gasteiger partial charge in [-0.3, -0.25) is 4.79 Å². The maximum Gasteiger partial charge on any atom is 0.258 e. The summed E-state index contributed by atoms with van der Waals surface area (Å²) in [6.45, 7) is 6.58. The number of nitrogens with one attached hydrogen (secondary N) is 1. The second kappa shape index (κ2) is 9.21. The molecule has 1 fully saturated rings. The summed E-state index contributed by atoms with van der Waals surface area (Å²) < 4.78 is 5.81. The average molecular weight is 403 g/mol. The summed E-state index contributed by atoms with van der Waals surface area (Å²) in [7, 11) is 0. The number of hydrogen-bond donors (Lipinski definition) is 1. The molecule has 4 heteroatoms. The zero-order chi connectivity index (χ0) is 20.9. The highest BCUT2D eigenvalue weighted by Crippen LogP contribution is 2.26. The highest BCUT2D eigenvalue weighted by molar-refractivity contribution is 5.88. The highest BCUT2D eigenvalue weighted by atomic mass is 16.5. The molecule has 2 atom stereocenters. The molecule has 1 saturated heterocycles. The van der Waals surface area contributed by atoms with Gasteiger partial charge in [-0.15, -0.1) is 0 Å². The van der Waals surface area contributed by atoms with Gasteiger partial charge >= 0.3 is 0 Å². The minimum absolute atomic E-state index is 0.00208. The van der Waals surface area contributed by atoms with Crippen LogP contribution in [0.15, 0.2) is 66.7 Å². The SMILES string of the molecule is CC1CCCN(c2ccc(C(C)NC(=O)COc3cccc4ccccc34)cc2)C1. The van der Waals surface area contributed by atoms with Crippen molar-refractivity contribution in [3.63, 3.8) is 0 Å². The molecule has 4 nitrogen and oxygen atoms in total. The van der Waals surface area contributed by atoms with E-state index in [2.05, 4.69) is 41.4 Å². The van der Waals surface area contributed by atoms with Gasteiger partial charge < -0.3 is 15.0 Å². The predicted octanol–water partition coefficient (Wildman–Crippen LogP) is 5.33. The Morgan fingerprint density at radius 3 is 2.67 bits per heavy atom. The van der Waals surface area contributed by atoms with Crippen LogP contribution in [0.4, 0.5) is 5.69 Å². The molecule has 4 rings (SSSR count). The quantitative estimate of drug-likeness (QED) is 0.606. The normalized spacial score (nSPS) is 17.5. The van der Waals surface area contributed by atoms with Gasteiger partial charge in [0.15, 0.2) is 6.61 Å². The van der Waals surface area contributed by atoms with E-state index in [1.165, 1.54) is 18.5 Å². The molecule has 0 bridgehead atoms. The summed E-state index contributed by atoms with van der Waals surface area (Å²) in [4.78, 5) is 14.9. The first kappa shape index (κ1) is 20.3. The molecule has 156 valence electrons. The Morgan fingerprint density at radius 2 is 1.87 bits per heavy atom. The Bertz CT molecular complexity index is 994. The standard InChI is InChI=1S/C26H30N2O2/c1-19-7-6-16-28(17-19)23-14-12-21(13-15-23)20(2)27-26(29)18-30-25-11-5-9-22-8-3-4-10-24(22)25/h3-5,8-15,19-20H,6-7,16-18H2,1-2H3,(H,27,29). The van der Waals surface area contributed by atoms with Crippen molar-refractivity contribution >= 4 is 22.4 Å². The lowest BCUT2D eigenvalue weighted by Gasteiger charge is -2.33. The number of amides is 1. The van der Waals surface area contributed by atoms with Crippen molar-refractivity contribution in [1.82, 2.24) is 5.32 Å². The van der Waals surface area contributed by atoms with Crippen LogP contribution < -0.4 is 15.0 Å². The van der Waals surface area contributed by atoms with Gasteiger partial charge in [-0.2, -0.15) is 0 Å². The molecule has 0 radical (unpaired) electrons. The molecule has 30 heavy (non-hydrogen) atoms. The first-order valence-electron chi connectivity index (χ1n) is 10.8. The van der Waals surface area contributed by atoms with Crippen molar-refractivity contribution in [2.45, 2.75) is 32.7 Å². The van der Waals surface area contributed by atoms with E-state index in [1.807, 2.05) is 49.4 Å². The molecule has 0 aliphatic carbocycles. The van der Waals surface area contributed by atoms with Crippen LogP contribution in [0.2, 0.25) is 0 Å². The fourth-order valence-corrected chi connectivity index (χ4v) is 4.23. The first-order chi connectivity index (χ1) is 14.6. The molecule has 1 amide bonds. The number of ether oxygens (including phenoxy) is 1. The van der Waals surface area contributed by atoms with E-state index in [9.17, 15) is 4.79 Å². The molecule has 1 heterocycles. The fourth-order valence-electron chi connectivity index (χ4n) is 4.23. The summed E-state index contributed by atoms with van der Waals surface area (Å²) in [5.41, 5.74) is 2.37. The average Bonchev–Trinajstić information content (AvgIpc) is 2.77. The highest BCUT2D eigenvalue weighted by Gasteiger charge is 2.17. The molecule has 1 N–H and O–H groups in total. The Labute approximate surface area is 178 Å². The molecule has 3 aromatic carbocycles. The van der Waals surface area contributed by atoms with Crippen LogP contribution in [0.3, 0.4) is 0 Å². The molecule has 3 aromatic rings. The number of benzene rings is 3. The third-order valence-electron chi connectivity index (χ3n) is 5.90. The van der Waals surface area contributed by atoms with Crippen LogP contribution in [0.1, 0.15) is 38.3 Å². The van der Waals surface area contributed by atoms with E-state index in [-0.39, 0.29) is 18.6 Å². The maximum atomic E-state index is 12.4. The van der Waals surface area contributed by atoms with E-state index in [4.69, 9.17) is 4.74 Å². The zero-order valence-corrected chi connectivity index (χ0v) is 17.8. The number of anilines is 1. The van der Waals surface area contributed by atoms with Crippen molar-refractivity contribution in [2.24, 2.45) is 5.92 Å². The maximum absolute atomic E-state index is 12.4. The minimum Gasteiger partial charge on any atom is -0.483 e. The summed E-state index contributed by atoms with van der Waals surface area (Å²) in [5, 5.41) is 5.16. The van der Waals surface area contributed by atoms with Gasteiger partial charge in [0.05, 0.1) is 6.04 Å². The second-order valence-electron chi connectivity index (χ2n) is 8.34. The van der Waals surface area contributed by atoms with Gasteiger partial charge in [0.2, 0.25) is 0 Å². The van der Waals surface area contributed by atoms with Crippen LogP contribution in [0.5, 0.6) is 5.75 Å². The van der Waals surface area contributed by atoms with Gasteiger partial charge in [0.25, 0.3) is 5.91 Å². The lowest BCUT2D eigenvalue weighted by Crippen LogP contribution is -2.34. The monoisotopic (exact) mass is 402 g/mol. The van der Waals surface area contributed by atoms with E-state index < -0.39 is 0 Å². The number of rotatable bonds is 6. The predicted molar refractivity (Wildman–Crippen MR) is 123 cm³/mol. The first-order valence-corrected chi connectivity index (χ1v) is 10.8. The van der Waals surface area contributed by atoms with Crippen molar-refractivity contribution in [3.8, 4) is 5.75 Å². The van der Waals surface area contributed by atoms with Gasteiger partial charge in [-0.05, 0) is 54.8 Å². The van der Waals surface area contributed by atoms with Gasteiger partial charge in [0.1, 0.15) is 5.75 Å². The third-order valence-corrected chi connectivity index (χ3v) is 5.90. The van der Waals surface area contributed by atoms with E-state index in [1.54, 1.807) is 0 Å². The van der Waals surface area contributed by atoms with Gasteiger partial charge in [-0.1, -0.05) is 55.5 Å². The molecule has 2 unspecified atom stereocenters. The zero-order valence-electron chi connectivity index (χ0n) is 17.8. The van der Waals surface area contributed by atoms with Gasteiger partial charge in [-0.25, -0.2) is 0 Å².